The van der Waals surface area contributed by atoms with Crippen LogP contribution in [0, 0.1) is 6.92 Å². The molecule has 0 fully saturated rings. The number of thiophene rings is 1. The van der Waals surface area contributed by atoms with Gasteiger partial charge >= 0.3 is 5.97 Å². The Morgan fingerprint density at radius 1 is 1.24 bits per heavy atom. The molecule has 9 heteroatoms. The Bertz CT molecular complexity index is 1090. The summed E-state index contributed by atoms with van der Waals surface area (Å²) < 4.78 is 7.47. The predicted octanol–water partition coefficient (Wildman–Crippen LogP) is 5.81. The molecule has 1 aromatic carbocycles. The van der Waals surface area contributed by atoms with E-state index < -0.39 is 5.97 Å². The summed E-state index contributed by atoms with van der Waals surface area (Å²) in [5, 5.41) is 5.41. The maximum absolute atomic E-state index is 12.0. The van der Waals surface area contributed by atoms with Gasteiger partial charge < -0.3 is 4.74 Å². The van der Waals surface area contributed by atoms with Crippen LogP contribution < -0.4 is 0 Å². The molecule has 0 N–H and O–H groups in total. The average Bonchev–Trinajstić information content (AvgIpc) is 3.23. The van der Waals surface area contributed by atoms with E-state index in [4.69, 9.17) is 27.9 Å². The van der Waals surface area contributed by atoms with Crippen LogP contribution in [0.1, 0.15) is 26.5 Å². The molecule has 0 aliphatic heterocycles. The van der Waals surface area contributed by atoms with Crippen molar-refractivity contribution < 1.29 is 14.3 Å². The SMILES string of the molecule is Cc1nn(Cc2ccccc2Cl)c(Cl)c1/C=C/C(=O)OCC(=O)c1ccc(Br)s1. The van der Waals surface area contributed by atoms with E-state index in [9.17, 15) is 9.59 Å². The van der Waals surface area contributed by atoms with Gasteiger partial charge in [-0.2, -0.15) is 5.10 Å². The van der Waals surface area contributed by atoms with Crippen LogP contribution in [0.5, 0.6) is 0 Å². The summed E-state index contributed by atoms with van der Waals surface area (Å²) in [5.41, 5.74) is 2.14. The number of Topliss-reactive ketones (excluding diaryl/α,β-unsaturated/α-hetero) is 1. The van der Waals surface area contributed by atoms with E-state index >= 15 is 0 Å². The molecule has 0 saturated heterocycles. The van der Waals surface area contributed by atoms with Crippen LogP contribution in [0.4, 0.5) is 0 Å². The van der Waals surface area contributed by atoms with E-state index in [1.807, 2.05) is 18.2 Å². The van der Waals surface area contributed by atoms with Gasteiger partial charge in [-0.15, -0.1) is 11.3 Å². The molecule has 0 spiro atoms. The number of hydrogen-bond acceptors (Lipinski definition) is 5. The molecule has 0 aliphatic rings. The van der Waals surface area contributed by atoms with Gasteiger partial charge in [0, 0.05) is 16.7 Å². The van der Waals surface area contributed by atoms with Gasteiger partial charge in [0.2, 0.25) is 5.78 Å². The van der Waals surface area contributed by atoms with Crippen molar-refractivity contribution in [1.29, 1.82) is 0 Å². The summed E-state index contributed by atoms with van der Waals surface area (Å²) in [7, 11) is 0. The molecule has 2 heterocycles. The van der Waals surface area contributed by atoms with Crippen molar-refractivity contribution in [3.05, 3.63) is 78.1 Å². The molecule has 0 radical (unpaired) electrons. The third kappa shape index (κ3) is 5.57. The maximum Gasteiger partial charge on any atom is 0.331 e. The summed E-state index contributed by atoms with van der Waals surface area (Å²) in [6, 6.07) is 10.9. The third-order valence-electron chi connectivity index (χ3n) is 3.97. The molecular weight excluding hydrogens is 499 g/mol. The first-order valence-corrected chi connectivity index (χ1v) is 10.8. The monoisotopic (exact) mass is 512 g/mol. The van der Waals surface area contributed by atoms with Gasteiger partial charge in [0.25, 0.3) is 0 Å². The second-order valence-corrected chi connectivity index (χ2v) is 9.24. The molecule has 0 bridgehead atoms. The molecule has 0 amide bonds. The van der Waals surface area contributed by atoms with Gasteiger partial charge in [0.1, 0.15) is 5.15 Å². The number of nitrogens with zero attached hydrogens (tertiary/aromatic N) is 2. The van der Waals surface area contributed by atoms with Crippen molar-refractivity contribution >= 4 is 68.3 Å². The zero-order valence-corrected chi connectivity index (χ0v) is 19.1. The highest BCUT2D eigenvalue weighted by Crippen LogP contribution is 2.25. The van der Waals surface area contributed by atoms with E-state index in [0.29, 0.717) is 32.9 Å². The number of carbonyl (C=O) groups excluding carboxylic acids is 2. The lowest BCUT2D eigenvalue weighted by molar-refractivity contribution is -0.136. The normalized spacial score (nSPS) is 11.2. The van der Waals surface area contributed by atoms with Gasteiger partial charge in [0.05, 0.1) is 20.9 Å². The molecule has 0 aliphatic carbocycles. The zero-order valence-electron chi connectivity index (χ0n) is 15.2. The fourth-order valence-electron chi connectivity index (χ4n) is 2.52. The van der Waals surface area contributed by atoms with Gasteiger partial charge in [0.15, 0.2) is 6.61 Å². The summed E-state index contributed by atoms with van der Waals surface area (Å²) in [5.74, 6) is -0.896. The fraction of sp³-hybridized carbons (Fsp3) is 0.150. The Labute approximate surface area is 190 Å². The number of halogens is 3. The van der Waals surface area contributed by atoms with Crippen molar-refractivity contribution in [3.8, 4) is 0 Å². The number of hydrogen-bond donors (Lipinski definition) is 0. The zero-order chi connectivity index (χ0) is 21.0. The summed E-state index contributed by atoms with van der Waals surface area (Å²) in [6.45, 7) is 1.87. The van der Waals surface area contributed by atoms with Crippen LogP contribution in [0.3, 0.4) is 0 Å². The molecule has 0 saturated carbocycles. The summed E-state index contributed by atoms with van der Waals surface area (Å²) in [6.07, 6.45) is 2.76. The number of rotatable bonds is 7. The van der Waals surface area contributed by atoms with Gasteiger partial charge in [-0.25, -0.2) is 9.48 Å². The van der Waals surface area contributed by atoms with Gasteiger partial charge in [-0.05, 0) is 52.7 Å². The fourth-order valence-corrected chi connectivity index (χ4v) is 4.32. The standard InChI is InChI=1S/C20H15BrCl2N2O3S/c1-12-14(20(23)25(24-12)10-13-4-2-3-5-15(13)22)6-9-19(27)28-11-16(26)17-7-8-18(21)29-17/h2-9H,10-11H2,1H3/b9-6+. The molecule has 2 aromatic heterocycles. The lowest BCUT2D eigenvalue weighted by Gasteiger charge is -2.05. The van der Waals surface area contributed by atoms with E-state index in [2.05, 4.69) is 21.0 Å². The second kappa shape index (κ2) is 9.71. The van der Waals surface area contributed by atoms with Crippen LogP contribution in [0.15, 0.2) is 46.3 Å². The maximum atomic E-state index is 12.0. The number of carbonyl (C=O) groups is 2. The quantitative estimate of drug-likeness (QED) is 0.227. The van der Waals surface area contributed by atoms with E-state index in [-0.39, 0.29) is 12.4 Å². The second-order valence-electron chi connectivity index (χ2n) is 6.01. The summed E-state index contributed by atoms with van der Waals surface area (Å²) in [4.78, 5) is 24.5. The Balaban J connectivity index is 1.64. The molecule has 3 rings (SSSR count). The Kier molecular flexibility index (Phi) is 7.29. The van der Waals surface area contributed by atoms with Crippen molar-refractivity contribution in [2.75, 3.05) is 6.61 Å². The number of esters is 1. The Morgan fingerprint density at radius 2 is 2.00 bits per heavy atom. The lowest BCUT2D eigenvalue weighted by atomic mass is 10.2. The van der Waals surface area contributed by atoms with Crippen LogP contribution in [0.25, 0.3) is 6.08 Å². The number of aromatic nitrogens is 2. The highest BCUT2D eigenvalue weighted by Gasteiger charge is 2.14. The molecule has 0 atom stereocenters. The number of ether oxygens (including phenoxy) is 1. The molecule has 29 heavy (non-hydrogen) atoms. The molecule has 0 unspecified atom stereocenters. The first-order valence-electron chi connectivity index (χ1n) is 8.45. The van der Waals surface area contributed by atoms with Gasteiger partial charge in [-0.1, -0.05) is 41.4 Å². The smallest absolute Gasteiger partial charge is 0.331 e. The minimum Gasteiger partial charge on any atom is -0.454 e. The number of benzene rings is 1. The number of aryl methyl sites for hydroxylation is 1. The third-order valence-corrected chi connectivity index (χ3v) is 6.40. The topological polar surface area (TPSA) is 61.2 Å². The minimum atomic E-state index is -0.636. The van der Waals surface area contributed by atoms with Crippen molar-refractivity contribution in [2.24, 2.45) is 0 Å². The minimum absolute atomic E-state index is 0.260. The highest BCUT2D eigenvalue weighted by molar-refractivity contribution is 9.11. The molecule has 3 aromatic rings. The van der Waals surface area contributed by atoms with Crippen LogP contribution in [0.2, 0.25) is 10.2 Å². The number of ketones is 1. The molecular formula is C20H15BrCl2N2O3S. The molecule has 5 nitrogen and oxygen atoms in total. The van der Waals surface area contributed by atoms with Gasteiger partial charge in [-0.3, -0.25) is 4.79 Å². The Morgan fingerprint density at radius 3 is 2.69 bits per heavy atom. The lowest BCUT2D eigenvalue weighted by Crippen LogP contribution is -2.11. The first kappa shape index (κ1) is 21.8. The van der Waals surface area contributed by atoms with Crippen LogP contribution >= 0.6 is 50.5 Å². The largest absolute Gasteiger partial charge is 0.454 e. The predicted molar refractivity (Wildman–Crippen MR) is 119 cm³/mol. The van der Waals surface area contributed by atoms with E-state index in [0.717, 1.165) is 9.35 Å². The summed E-state index contributed by atoms with van der Waals surface area (Å²) >= 11 is 17.2. The van der Waals surface area contributed by atoms with Crippen LogP contribution in [-0.2, 0) is 16.1 Å². The van der Waals surface area contributed by atoms with E-state index in [1.165, 1.54) is 23.5 Å². The van der Waals surface area contributed by atoms with Crippen molar-refractivity contribution in [1.82, 2.24) is 9.78 Å². The van der Waals surface area contributed by atoms with Crippen molar-refractivity contribution in [3.63, 3.8) is 0 Å². The van der Waals surface area contributed by atoms with Crippen LogP contribution in [-0.4, -0.2) is 28.1 Å². The first-order chi connectivity index (χ1) is 13.8. The highest BCUT2D eigenvalue weighted by atomic mass is 79.9. The van der Waals surface area contributed by atoms with Crippen molar-refractivity contribution in [2.45, 2.75) is 13.5 Å². The average molecular weight is 514 g/mol. The van der Waals surface area contributed by atoms with E-state index in [1.54, 1.807) is 29.8 Å². The molecule has 150 valence electrons. The Hall–Kier alpha value is -1.93.